The summed E-state index contributed by atoms with van der Waals surface area (Å²) in [4.78, 5) is 23.2. The first-order chi connectivity index (χ1) is 12.7. The van der Waals surface area contributed by atoms with Crippen LogP contribution in [0.5, 0.6) is 0 Å². The fourth-order valence-corrected chi connectivity index (χ4v) is 3.10. The zero-order valence-electron chi connectivity index (χ0n) is 16.6. The molecule has 0 bridgehead atoms. The molecule has 0 aromatic rings. The normalized spacial score (nSPS) is 12.4. The number of carbonyl (C=O) groups is 2. The molecule has 0 fully saturated rings. The molecule has 0 amide bonds. The fraction of sp³-hybridized carbons (Fsp3) is 0.789. The number of carbonyl (C=O) groups excluding carboxylic acids is 2. The molecule has 158 valence electrons. The third kappa shape index (κ3) is 16.5. The Balaban J connectivity index is 4.10. The van der Waals surface area contributed by atoms with Crippen LogP contribution in [-0.2, 0) is 29.2 Å². The number of rotatable bonds is 16. The van der Waals surface area contributed by atoms with E-state index in [1.165, 1.54) is 39.0 Å². The second-order valence-corrected chi connectivity index (χ2v) is 8.31. The zero-order chi connectivity index (χ0) is 20.7. The number of esters is 2. The monoisotopic (exact) mass is 406 g/mol. The molecule has 0 radical (unpaired) electrons. The smallest absolute Gasteiger partial charge is 0.333 e. The topological polar surface area (TPSA) is 107 Å². The molecule has 0 aliphatic heterocycles. The van der Waals surface area contributed by atoms with Crippen molar-refractivity contribution in [2.75, 3.05) is 12.4 Å². The van der Waals surface area contributed by atoms with Crippen LogP contribution < -0.4 is 0 Å². The molecule has 0 aliphatic rings. The molecule has 0 aliphatic carbocycles. The van der Waals surface area contributed by atoms with Crippen LogP contribution in [-0.4, -0.2) is 43.4 Å². The van der Waals surface area contributed by atoms with Gasteiger partial charge in [-0.15, -0.1) is 0 Å². The van der Waals surface area contributed by atoms with Gasteiger partial charge in [0.05, 0.1) is 0 Å². The maximum absolute atomic E-state index is 11.9. The molecule has 0 heterocycles. The van der Waals surface area contributed by atoms with Crippen molar-refractivity contribution in [1.29, 1.82) is 0 Å². The SMILES string of the molecule is C=C(C)C(=O)OCC(CS(=O)(=O)O)OC(=O)CCCCCCCCCCC. The Morgan fingerprint density at radius 3 is 2.00 bits per heavy atom. The van der Waals surface area contributed by atoms with Crippen molar-refractivity contribution in [3.05, 3.63) is 12.2 Å². The highest BCUT2D eigenvalue weighted by molar-refractivity contribution is 7.85. The van der Waals surface area contributed by atoms with Crippen molar-refractivity contribution in [3.63, 3.8) is 0 Å². The van der Waals surface area contributed by atoms with E-state index in [4.69, 9.17) is 14.0 Å². The average Bonchev–Trinajstić information content (AvgIpc) is 2.56. The van der Waals surface area contributed by atoms with Crippen LogP contribution in [0.3, 0.4) is 0 Å². The molecule has 1 N–H and O–H groups in total. The molecule has 27 heavy (non-hydrogen) atoms. The Morgan fingerprint density at radius 2 is 1.52 bits per heavy atom. The van der Waals surface area contributed by atoms with Crippen LogP contribution in [0.25, 0.3) is 0 Å². The van der Waals surface area contributed by atoms with Crippen molar-refractivity contribution in [2.24, 2.45) is 0 Å². The van der Waals surface area contributed by atoms with Gasteiger partial charge < -0.3 is 9.47 Å². The first-order valence-corrected chi connectivity index (χ1v) is 11.2. The predicted molar refractivity (Wildman–Crippen MR) is 104 cm³/mol. The summed E-state index contributed by atoms with van der Waals surface area (Å²) in [6, 6.07) is 0. The van der Waals surface area contributed by atoms with Gasteiger partial charge >= 0.3 is 11.9 Å². The van der Waals surface area contributed by atoms with Gasteiger partial charge in [0.25, 0.3) is 10.1 Å². The van der Waals surface area contributed by atoms with Crippen LogP contribution >= 0.6 is 0 Å². The molecule has 1 unspecified atom stereocenters. The molecule has 0 spiro atoms. The Kier molecular flexibility index (Phi) is 13.9. The standard InChI is InChI=1S/C19H34O7S/c1-4-5-6-7-8-9-10-11-12-13-18(20)26-17(15-27(22,23)24)14-25-19(21)16(2)3/h17H,2,4-15H2,1,3H3,(H,22,23,24). The van der Waals surface area contributed by atoms with E-state index in [9.17, 15) is 18.0 Å². The first kappa shape index (κ1) is 25.6. The van der Waals surface area contributed by atoms with E-state index in [1.54, 1.807) is 0 Å². The molecular weight excluding hydrogens is 372 g/mol. The Labute approximate surface area is 163 Å². The quantitative estimate of drug-likeness (QED) is 0.180. The second-order valence-electron chi connectivity index (χ2n) is 6.82. The summed E-state index contributed by atoms with van der Waals surface area (Å²) in [5.41, 5.74) is 0.140. The van der Waals surface area contributed by atoms with E-state index >= 15 is 0 Å². The second kappa shape index (κ2) is 14.6. The minimum absolute atomic E-state index is 0.140. The number of hydrogen-bond acceptors (Lipinski definition) is 6. The minimum Gasteiger partial charge on any atom is -0.458 e. The van der Waals surface area contributed by atoms with E-state index in [2.05, 4.69) is 13.5 Å². The first-order valence-electron chi connectivity index (χ1n) is 9.63. The largest absolute Gasteiger partial charge is 0.458 e. The van der Waals surface area contributed by atoms with Gasteiger partial charge in [0.1, 0.15) is 12.4 Å². The van der Waals surface area contributed by atoms with Crippen molar-refractivity contribution < 1.29 is 32.0 Å². The number of hydrogen-bond donors (Lipinski definition) is 1. The molecule has 0 aromatic heterocycles. The van der Waals surface area contributed by atoms with Gasteiger partial charge in [-0.05, 0) is 13.3 Å². The van der Waals surface area contributed by atoms with Crippen LogP contribution in [0.1, 0.15) is 78.1 Å². The van der Waals surface area contributed by atoms with E-state index in [0.717, 1.165) is 19.3 Å². The summed E-state index contributed by atoms with van der Waals surface area (Å²) >= 11 is 0. The molecule has 1 atom stereocenters. The lowest BCUT2D eigenvalue weighted by Gasteiger charge is -2.16. The fourth-order valence-electron chi connectivity index (χ4n) is 2.47. The average molecular weight is 407 g/mol. The maximum Gasteiger partial charge on any atom is 0.333 e. The number of ether oxygens (including phenoxy) is 2. The molecule has 0 saturated heterocycles. The highest BCUT2D eigenvalue weighted by Gasteiger charge is 2.23. The van der Waals surface area contributed by atoms with E-state index in [0.29, 0.717) is 6.42 Å². The molecule has 0 saturated carbocycles. The van der Waals surface area contributed by atoms with Gasteiger partial charge in [-0.3, -0.25) is 9.35 Å². The van der Waals surface area contributed by atoms with Gasteiger partial charge in [-0.1, -0.05) is 64.9 Å². The summed E-state index contributed by atoms with van der Waals surface area (Å²) in [5.74, 6) is -2.11. The third-order valence-electron chi connectivity index (χ3n) is 3.93. The van der Waals surface area contributed by atoms with E-state index in [1.807, 2.05) is 0 Å². The molecule has 8 heteroatoms. The van der Waals surface area contributed by atoms with Gasteiger partial charge in [-0.2, -0.15) is 8.42 Å². The van der Waals surface area contributed by atoms with Crippen LogP contribution in [0, 0.1) is 0 Å². The molecule has 7 nitrogen and oxygen atoms in total. The number of unbranched alkanes of at least 4 members (excludes halogenated alkanes) is 8. The van der Waals surface area contributed by atoms with Gasteiger partial charge in [0.2, 0.25) is 0 Å². The Hall–Kier alpha value is -1.41. The lowest BCUT2D eigenvalue weighted by Crippen LogP contribution is -2.32. The Morgan fingerprint density at radius 1 is 1.00 bits per heavy atom. The maximum atomic E-state index is 11.9. The van der Waals surface area contributed by atoms with Crippen LogP contribution in [0.2, 0.25) is 0 Å². The predicted octanol–water partition coefficient (Wildman–Crippen LogP) is 3.83. The van der Waals surface area contributed by atoms with Crippen molar-refractivity contribution in [2.45, 2.75) is 84.2 Å². The highest BCUT2D eigenvalue weighted by Crippen LogP contribution is 2.11. The van der Waals surface area contributed by atoms with Crippen LogP contribution in [0.15, 0.2) is 12.2 Å². The van der Waals surface area contributed by atoms with Crippen molar-refractivity contribution in [3.8, 4) is 0 Å². The highest BCUT2D eigenvalue weighted by atomic mass is 32.2. The summed E-state index contributed by atoms with van der Waals surface area (Å²) in [5, 5.41) is 0. The van der Waals surface area contributed by atoms with Gasteiger partial charge in [0, 0.05) is 12.0 Å². The van der Waals surface area contributed by atoms with Gasteiger partial charge in [-0.25, -0.2) is 4.79 Å². The molecule has 0 rings (SSSR count). The summed E-state index contributed by atoms with van der Waals surface area (Å²) in [6.45, 7) is 6.58. The van der Waals surface area contributed by atoms with Crippen LogP contribution in [0.4, 0.5) is 0 Å². The summed E-state index contributed by atoms with van der Waals surface area (Å²) < 4.78 is 40.9. The zero-order valence-corrected chi connectivity index (χ0v) is 17.4. The summed E-state index contributed by atoms with van der Waals surface area (Å²) in [6.07, 6.45) is 8.88. The molecular formula is C19H34O7S. The van der Waals surface area contributed by atoms with Gasteiger partial charge in [0.15, 0.2) is 6.10 Å². The van der Waals surface area contributed by atoms with E-state index < -0.39 is 40.5 Å². The molecule has 0 aromatic carbocycles. The minimum atomic E-state index is -4.37. The summed E-state index contributed by atoms with van der Waals surface area (Å²) in [7, 11) is -4.37. The lowest BCUT2D eigenvalue weighted by molar-refractivity contribution is -0.156. The third-order valence-corrected chi connectivity index (χ3v) is 4.72. The van der Waals surface area contributed by atoms with Crippen molar-refractivity contribution in [1.82, 2.24) is 0 Å². The van der Waals surface area contributed by atoms with E-state index in [-0.39, 0.29) is 12.0 Å². The van der Waals surface area contributed by atoms with Crippen molar-refractivity contribution >= 4 is 22.1 Å². The Bertz CT molecular complexity index is 554. The lowest BCUT2D eigenvalue weighted by atomic mass is 10.1.